The van der Waals surface area contributed by atoms with Gasteiger partial charge in [-0.05, 0) is 36.8 Å². The first-order valence-corrected chi connectivity index (χ1v) is 9.05. The number of anilines is 2. The van der Waals surface area contributed by atoms with Gasteiger partial charge in [0.15, 0.2) is 0 Å². The molecule has 0 saturated heterocycles. The number of halogens is 1. The van der Waals surface area contributed by atoms with E-state index in [1.807, 2.05) is 48.7 Å². The van der Waals surface area contributed by atoms with E-state index in [0.29, 0.717) is 16.4 Å². The molecule has 2 N–H and O–H groups in total. The Hall–Kier alpha value is -3.62. The van der Waals surface area contributed by atoms with E-state index in [2.05, 4.69) is 33.3 Å². The molecule has 0 radical (unpaired) electrons. The number of nitrogens with zero attached hydrogens (tertiary/aromatic N) is 3. The van der Waals surface area contributed by atoms with E-state index in [0.717, 1.165) is 33.3 Å². The normalized spacial score (nSPS) is 11.0. The maximum atomic E-state index is 9.57. The van der Waals surface area contributed by atoms with Gasteiger partial charge in [0.25, 0.3) is 0 Å². The molecular formula is C22H16ClN5. The van der Waals surface area contributed by atoms with Gasteiger partial charge in [-0.1, -0.05) is 29.8 Å². The zero-order chi connectivity index (χ0) is 19.5. The molecule has 4 aromatic rings. The number of H-pyrrole nitrogens is 1. The molecule has 1 aromatic carbocycles. The lowest BCUT2D eigenvalue weighted by molar-refractivity contribution is 1.28. The van der Waals surface area contributed by atoms with Crippen molar-refractivity contribution in [3.05, 3.63) is 82.5 Å². The van der Waals surface area contributed by atoms with Crippen LogP contribution in [0.15, 0.2) is 55.1 Å². The Morgan fingerprint density at radius 1 is 1.14 bits per heavy atom. The van der Waals surface area contributed by atoms with Gasteiger partial charge >= 0.3 is 0 Å². The number of benzene rings is 1. The second-order valence-corrected chi connectivity index (χ2v) is 6.64. The molecule has 136 valence electrons. The zero-order valence-corrected chi connectivity index (χ0v) is 15.8. The molecule has 0 aliphatic rings. The molecule has 3 heterocycles. The lowest BCUT2D eigenvalue weighted by atomic mass is 10.1. The number of aromatic amines is 1. The molecule has 3 aromatic heterocycles. The van der Waals surface area contributed by atoms with E-state index in [-0.39, 0.29) is 0 Å². The Kier molecular flexibility index (Phi) is 4.79. The summed E-state index contributed by atoms with van der Waals surface area (Å²) in [5.74, 6) is 0. The molecule has 0 aliphatic heterocycles. The van der Waals surface area contributed by atoms with Gasteiger partial charge in [-0.25, -0.2) is 4.98 Å². The molecule has 28 heavy (non-hydrogen) atoms. The number of pyridine rings is 2. The highest BCUT2D eigenvalue weighted by molar-refractivity contribution is 6.30. The van der Waals surface area contributed by atoms with Gasteiger partial charge in [0, 0.05) is 52.5 Å². The van der Waals surface area contributed by atoms with Crippen LogP contribution in [0.4, 0.5) is 11.4 Å². The van der Waals surface area contributed by atoms with Crippen molar-refractivity contribution in [1.29, 1.82) is 5.26 Å². The molecule has 0 unspecified atom stereocenters. The maximum absolute atomic E-state index is 9.57. The Morgan fingerprint density at radius 3 is 2.82 bits per heavy atom. The van der Waals surface area contributed by atoms with Gasteiger partial charge in [0.2, 0.25) is 0 Å². The van der Waals surface area contributed by atoms with Crippen molar-refractivity contribution in [1.82, 2.24) is 15.0 Å². The van der Waals surface area contributed by atoms with Gasteiger partial charge in [-0.2, -0.15) is 5.26 Å². The number of hydrogen-bond acceptors (Lipinski definition) is 4. The predicted octanol–water partition coefficient (Wildman–Crippen LogP) is 5.71. The fraction of sp³-hybridized carbons (Fsp3) is 0.0455. The number of aryl methyl sites for hydroxylation is 1. The Bertz CT molecular complexity index is 1230. The Morgan fingerprint density at radius 2 is 2.00 bits per heavy atom. The number of hydrogen-bond donors (Lipinski definition) is 2. The van der Waals surface area contributed by atoms with Gasteiger partial charge < -0.3 is 10.3 Å². The lowest BCUT2D eigenvalue weighted by Crippen LogP contribution is -1.99. The summed E-state index contributed by atoms with van der Waals surface area (Å²) >= 11 is 6.14. The van der Waals surface area contributed by atoms with Crippen LogP contribution in [0.3, 0.4) is 0 Å². The van der Waals surface area contributed by atoms with E-state index in [1.54, 1.807) is 18.6 Å². The van der Waals surface area contributed by atoms with Gasteiger partial charge in [0.05, 0.1) is 11.3 Å². The fourth-order valence-electron chi connectivity index (χ4n) is 3.08. The first kappa shape index (κ1) is 17.8. The fourth-order valence-corrected chi connectivity index (χ4v) is 3.27. The third kappa shape index (κ3) is 3.34. The van der Waals surface area contributed by atoms with E-state index in [4.69, 9.17) is 11.6 Å². The summed E-state index contributed by atoms with van der Waals surface area (Å²) < 4.78 is 0. The Labute approximate surface area is 167 Å². The maximum Gasteiger partial charge on any atom is 0.136 e. The molecule has 5 nitrogen and oxygen atoms in total. The van der Waals surface area contributed by atoms with Crippen LogP contribution in [0.1, 0.15) is 22.3 Å². The summed E-state index contributed by atoms with van der Waals surface area (Å²) in [6.07, 6.45) is 10.6. The highest BCUT2D eigenvalue weighted by Gasteiger charge is 2.11. The number of nitriles is 1. The molecule has 4 rings (SSSR count). The molecule has 6 heteroatoms. The summed E-state index contributed by atoms with van der Waals surface area (Å²) in [6, 6.07) is 12.0. The minimum Gasteiger partial charge on any atom is -0.361 e. The molecule has 0 amide bonds. The van der Waals surface area contributed by atoms with Crippen LogP contribution in [-0.4, -0.2) is 15.0 Å². The van der Waals surface area contributed by atoms with E-state index >= 15 is 0 Å². The van der Waals surface area contributed by atoms with Crippen LogP contribution in [0, 0.1) is 18.3 Å². The summed E-state index contributed by atoms with van der Waals surface area (Å²) in [4.78, 5) is 11.5. The lowest BCUT2D eigenvalue weighted by Gasteiger charge is -2.14. The van der Waals surface area contributed by atoms with Crippen LogP contribution in [-0.2, 0) is 0 Å². The summed E-state index contributed by atoms with van der Waals surface area (Å²) in [5, 5.41) is 14.5. The topological polar surface area (TPSA) is 77.4 Å². The van der Waals surface area contributed by atoms with E-state index < -0.39 is 0 Å². The summed E-state index contributed by atoms with van der Waals surface area (Å²) in [5.41, 5.74) is 5.85. The van der Waals surface area contributed by atoms with Crippen LogP contribution in [0.2, 0.25) is 5.15 Å². The second-order valence-electron chi connectivity index (χ2n) is 6.28. The quantitative estimate of drug-likeness (QED) is 0.441. The Balaban J connectivity index is 1.76. The molecule has 0 bridgehead atoms. The van der Waals surface area contributed by atoms with Crippen LogP contribution < -0.4 is 5.32 Å². The van der Waals surface area contributed by atoms with Crippen molar-refractivity contribution >= 4 is 46.0 Å². The van der Waals surface area contributed by atoms with Crippen LogP contribution in [0.25, 0.3) is 23.1 Å². The minimum absolute atomic E-state index is 0.423. The largest absolute Gasteiger partial charge is 0.361 e. The van der Waals surface area contributed by atoms with Gasteiger partial charge in [-0.3, -0.25) is 4.98 Å². The SMILES string of the molecule is Cc1c(Nc2c(C#N)cncc2/C=C/c2cccnc2Cl)ccc2[nH]ccc12. The van der Waals surface area contributed by atoms with Crippen molar-refractivity contribution < 1.29 is 0 Å². The molecular weight excluding hydrogens is 370 g/mol. The monoisotopic (exact) mass is 385 g/mol. The zero-order valence-electron chi connectivity index (χ0n) is 15.1. The van der Waals surface area contributed by atoms with Crippen molar-refractivity contribution in [2.75, 3.05) is 5.32 Å². The third-order valence-electron chi connectivity index (χ3n) is 4.59. The molecule has 0 fully saturated rings. The van der Waals surface area contributed by atoms with Crippen LogP contribution >= 0.6 is 11.6 Å². The number of aromatic nitrogens is 3. The first-order chi connectivity index (χ1) is 13.7. The smallest absolute Gasteiger partial charge is 0.136 e. The van der Waals surface area contributed by atoms with E-state index in [1.165, 1.54) is 0 Å². The molecule has 0 atom stereocenters. The molecule has 0 spiro atoms. The summed E-state index contributed by atoms with van der Waals surface area (Å²) in [6.45, 7) is 2.05. The standard InChI is InChI=1S/C22H16ClN5/c1-14-18-8-10-26-20(18)7-6-19(14)28-21-16(12-25-13-17(21)11-24)5-4-15-3-2-9-27-22(15)23/h2-10,12-13,26H,1H3,(H,25,28)/b5-4+. The summed E-state index contributed by atoms with van der Waals surface area (Å²) in [7, 11) is 0. The van der Waals surface area contributed by atoms with Crippen molar-refractivity contribution in [3.8, 4) is 6.07 Å². The van der Waals surface area contributed by atoms with Crippen molar-refractivity contribution in [2.24, 2.45) is 0 Å². The average molecular weight is 386 g/mol. The van der Waals surface area contributed by atoms with Crippen LogP contribution in [0.5, 0.6) is 0 Å². The van der Waals surface area contributed by atoms with E-state index in [9.17, 15) is 5.26 Å². The predicted molar refractivity (Wildman–Crippen MR) is 113 cm³/mol. The van der Waals surface area contributed by atoms with Crippen molar-refractivity contribution in [3.63, 3.8) is 0 Å². The molecule has 0 aliphatic carbocycles. The highest BCUT2D eigenvalue weighted by atomic mass is 35.5. The van der Waals surface area contributed by atoms with Crippen molar-refractivity contribution in [2.45, 2.75) is 6.92 Å². The average Bonchev–Trinajstić information content (AvgIpc) is 3.20. The second kappa shape index (κ2) is 7.55. The number of nitrogens with one attached hydrogen (secondary N) is 2. The first-order valence-electron chi connectivity index (χ1n) is 8.68. The third-order valence-corrected chi connectivity index (χ3v) is 4.91. The minimum atomic E-state index is 0.423. The highest BCUT2D eigenvalue weighted by Crippen LogP contribution is 2.31. The number of rotatable bonds is 4. The molecule has 0 saturated carbocycles. The van der Waals surface area contributed by atoms with Gasteiger partial charge in [-0.15, -0.1) is 0 Å². The van der Waals surface area contributed by atoms with Gasteiger partial charge in [0.1, 0.15) is 11.2 Å². The number of fused-ring (bicyclic) bond motifs is 1.